The van der Waals surface area contributed by atoms with Crippen LogP contribution in [0.15, 0.2) is 24.3 Å². The van der Waals surface area contributed by atoms with E-state index in [1.54, 1.807) is 18.2 Å². The van der Waals surface area contributed by atoms with Gasteiger partial charge in [-0.15, -0.1) is 0 Å². The third-order valence-corrected chi connectivity index (χ3v) is 3.87. The van der Waals surface area contributed by atoms with Gasteiger partial charge in [0.1, 0.15) is 0 Å². The van der Waals surface area contributed by atoms with Crippen molar-refractivity contribution in [3.8, 4) is 0 Å². The lowest BCUT2D eigenvalue weighted by Gasteiger charge is -2.32. The SMILES string of the molecule is CCC(CC)(CC)NCc1cccc(C(=O)O)c1. The molecular formula is C15H23NO2. The molecular weight excluding hydrogens is 226 g/mol. The molecule has 0 saturated carbocycles. The molecule has 0 atom stereocenters. The largest absolute Gasteiger partial charge is 0.478 e. The molecule has 0 unspecified atom stereocenters. The molecule has 0 aromatic heterocycles. The van der Waals surface area contributed by atoms with E-state index in [0.29, 0.717) is 5.56 Å². The Kier molecular flexibility index (Phi) is 5.35. The van der Waals surface area contributed by atoms with E-state index in [2.05, 4.69) is 26.1 Å². The first-order valence-electron chi connectivity index (χ1n) is 6.64. The number of aromatic carboxylic acids is 1. The highest BCUT2D eigenvalue weighted by molar-refractivity contribution is 5.87. The van der Waals surface area contributed by atoms with Gasteiger partial charge in [-0.25, -0.2) is 4.79 Å². The summed E-state index contributed by atoms with van der Waals surface area (Å²) in [5.74, 6) is -0.871. The molecule has 0 spiro atoms. The standard InChI is InChI=1S/C15H23NO2/c1-4-15(5-2,6-3)16-11-12-8-7-9-13(10-12)14(17)18/h7-10,16H,4-6,11H2,1-3H3,(H,17,18). The quantitative estimate of drug-likeness (QED) is 0.778. The molecule has 3 heteroatoms. The number of nitrogens with one attached hydrogen (secondary N) is 1. The first-order chi connectivity index (χ1) is 8.56. The Bertz CT molecular complexity index is 389. The van der Waals surface area contributed by atoms with E-state index in [1.165, 1.54) is 0 Å². The Labute approximate surface area is 109 Å². The second-order valence-electron chi connectivity index (χ2n) is 4.70. The van der Waals surface area contributed by atoms with Crippen LogP contribution in [0.3, 0.4) is 0 Å². The minimum absolute atomic E-state index is 0.166. The zero-order valence-electron chi connectivity index (χ0n) is 11.5. The van der Waals surface area contributed by atoms with E-state index >= 15 is 0 Å². The maximum Gasteiger partial charge on any atom is 0.335 e. The van der Waals surface area contributed by atoms with E-state index in [-0.39, 0.29) is 5.54 Å². The molecule has 0 heterocycles. The molecule has 0 aliphatic rings. The third kappa shape index (κ3) is 3.57. The van der Waals surface area contributed by atoms with Crippen molar-refractivity contribution in [2.75, 3.05) is 0 Å². The van der Waals surface area contributed by atoms with Gasteiger partial charge >= 0.3 is 5.97 Å². The molecule has 0 amide bonds. The Balaban J connectivity index is 2.73. The number of carbonyl (C=O) groups is 1. The number of carboxylic acid groups (broad SMARTS) is 1. The molecule has 0 aliphatic carbocycles. The van der Waals surface area contributed by atoms with Crippen LogP contribution >= 0.6 is 0 Å². The maximum absolute atomic E-state index is 10.9. The van der Waals surface area contributed by atoms with Crippen LogP contribution < -0.4 is 5.32 Å². The summed E-state index contributed by atoms with van der Waals surface area (Å²) in [6.45, 7) is 7.28. The number of hydrogen-bond donors (Lipinski definition) is 2. The van der Waals surface area contributed by atoms with E-state index in [9.17, 15) is 4.79 Å². The van der Waals surface area contributed by atoms with Gasteiger partial charge in [0, 0.05) is 12.1 Å². The van der Waals surface area contributed by atoms with Crippen LogP contribution in [0.1, 0.15) is 56.0 Å². The average molecular weight is 249 g/mol. The van der Waals surface area contributed by atoms with E-state index < -0.39 is 5.97 Å². The van der Waals surface area contributed by atoms with Crippen LogP contribution in [0.5, 0.6) is 0 Å². The van der Waals surface area contributed by atoms with Crippen LogP contribution in [0.25, 0.3) is 0 Å². The lowest BCUT2D eigenvalue weighted by Crippen LogP contribution is -2.43. The summed E-state index contributed by atoms with van der Waals surface area (Å²) >= 11 is 0. The van der Waals surface area contributed by atoms with Crippen LogP contribution in [0, 0.1) is 0 Å². The fraction of sp³-hybridized carbons (Fsp3) is 0.533. The minimum atomic E-state index is -0.871. The summed E-state index contributed by atoms with van der Waals surface area (Å²) in [6, 6.07) is 7.12. The smallest absolute Gasteiger partial charge is 0.335 e. The van der Waals surface area contributed by atoms with Crippen molar-refractivity contribution in [3.05, 3.63) is 35.4 Å². The molecule has 1 aromatic rings. The molecule has 0 aliphatic heterocycles. The molecule has 0 saturated heterocycles. The lowest BCUT2D eigenvalue weighted by molar-refractivity contribution is 0.0696. The van der Waals surface area contributed by atoms with Crippen LogP contribution in [0.4, 0.5) is 0 Å². The van der Waals surface area contributed by atoms with Gasteiger partial charge in [-0.2, -0.15) is 0 Å². The Morgan fingerprint density at radius 2 is 1.83 bits per heavy atom. The zero-order chi connectivity index (χ0) is 13.6. The average Bonchev–Trinajstić information content (AvgIpc) is 2.41. The minimum Gasteiger partial charge on any atom is -0.478 e. The highest BCUT2D eigenvalue weighted by atomic mass is 16.4. The number of rotatable bonds is 7. The number of carboxylic acids is 1. The molecule has 1 aromatic carbocycles. The molecule has 100 valence electrons. The topological polar surface area (TPSA) is 49.3 Å². The molecule has 2 N–H and O–H groups in total. The monoisotopic (exact) mass is 249 g/mol. The van der Waals surface area contributed by atoms with Gasteiger partial charge in [0.25, 0.3) is 0 Å². The maximum atomic E-state index is 10.9. The van der Waals surface area contributed by atoms with E-state index in [0.717, 1.165) is 31.4 Å². The van der Waals surface area contributed by atoms with Gasteiger partial charge in [-0.1, -0.05) is 32.9 Å². The van der Waals surface area contributed by atoms with Crippen molar-refractivity contribution in [2.45, 2.75) is 52.1 Å². The fourth-order valence-electron chi connectivity index (χ4n) is 2.23. The van der Waals surface area contributed by atoms with Crippen molar-refractivity contribution < 1.29 is 9.90 Å². The molecule has 0 bridgehead atoms. The first-order valence-corrected chi connectivity index (χ1v) is 6.64. The van der Waals surface area contributed by atoms with Gasteiger partial charge in [-0.3, -0.25) is 0 Å². The fourth-order valence-corrected chi connectivity index (χ4v) is 2.23. The van der Waals surface area contributed by atoms with Crippen molar-refractivity contribution in [3.63, 3.8) is 0 Å². The normalized spacial score (nSPS) is 11.5. The Morgan fingerprint density at radius 3 is 2.33 bits per heavy atom. The third-order valence-electron chi connectivity index (χ3n) is 3.87. The van der Waals surface area contributed by atoms with Gasteiger partial charge < -0.3 is 10.4 Å². The van der Waals surface area contributed by atoms with Crippen LogP contribution in [-0.4, -0.2) is 16.6 Å². The zero-order valence-corrected chi connectivity index (χ0v) is 11.5. The van der Waals surface area contributed by atoms with E-state index in [1.807, 2.05) is 6.07 Å². The van der Waals surface area contributed by atoms with Gasteiger partial charge in [-0.05, 0) is 37.0 Å². The van der Waals surface area contributed by atoms with Crippen LogP contribution in [0.2, 0.25) is 0 Å². The van der Waals surface area contributed by atoms with Gasteiger partial charge in [0.05, 0.1) is 5.56 Å². The first kappa shape index (κ1) is 14.7. The van der Waals surface area contributed by atoms with Crippen molar-refractivity contribution in [1.29, 1.82) is 0 Å². The molecule has 0 fully saturated rings. The Hall–Kier alpha value is -1.35. The second-order valence-corrected chi connectivity index (χ2v) is 4.70. The summed E-state index contributed by atoms with van der Waals surface area (Å²) in [4.78, 5) is 10.9. The molecule has 18 heavy (non-hydrogen) atoms. The second kappa shape index (κ2) is 6.55. The van der Waals surface area contributed by atoms with Crippen molar-refractivity contribution >= 4 is 5.97 Å². The summed E-state index contributed by atoms with van der Waals surface area (Å²) in [6.07, 6.45) is 3.25. The number of hydrogen-bond acceptors (Lipinski definition) is 2. The van der Waals surface area contributed by atoms with E-state index in [4.69, 9.17) is 5.11 Å². The van der Waals surface area contributed by atoms with Crippen molar-refractivity contribution in [2.24, 2.45) is 0 Å². The predicted octanol–water partition coefficient (Wildman–Crippen LogP) is 3.44. The highest BCUT2D eigenvalue weighted by Gasteiger charge is 2.22. The van der Waals surface area contributed by atoms with Crippen LogP contribution in [-0.2, 0) is 6.54 Å². The molecule has 1 rings (SSSR count). The highest BCUT2D eigenvalue weighted by Crippen LogP contribution is 2.20. The molecule has 0 radical (unpaired) electrons. The summed E-state index contributed by atoms with van der Waals surface area (Å²) in [5.41, 5.74) is 1.54. The van der Waals surface area contributed by atoms with Gasteiger partial charge in [0.2, 0.25) is 0 Å². The number of benzene rings is 1. The predicted molar refractivity (Wildman–Crippen MR) is 73.8 cm³/mol. The molecule has 3 nitrogen and oxygen atoms in total. The Morgan fingerprint density at radius 1 is 1.22 bits per heavy atom. The summed E-state index contributed by atoms with van der Waals surface area (Å²) < 4.78 is 0. The lowest BCUT2D eigenvalue weighted by atomic mass is 9.89. The van der Waals surface area contributed by atoms with Crippen molar-refractivity contribution in [1.82, 2.24) is 5.32 Å². The summed E-state index contributed by atoms with van der Waals surface area (Å²) in [7, 11) is 0. The summed E-state index contributed by atoms with van der Waals surface area (Å²) in [5, 5.41) is 12.5. The van der Waals surface area contributed by atoms with Gasteiger partial charge in [0.15, 0.2) is 0 Å².